The fourth-order valence-electron chi connectivity index (χ4n) is 1.63. The molecule has 1 aromatic heterocycles. The lowest BCUT2D eigenvalue weighted by molar-refractivity contribution is -0.137. The Bertz CT molecular complexity index is 424. The van der Waals surface area contributed by atoms with Crippen LogP contribution >= 0.6 is 31.9 Å². The minimum absolute atomic E-state index is 0.0121. The summed E-state index contributed by atoms with van der Waals surface area (Å²) in [4.78, 5) is 13.6. The van der Waals surface area contributed by atoms with Gasteiger partial charge in [-0.3, -0.25) is 9.48 Å². The van der Waals surface area contributed by atoms with Crippen molar-refractivity contribution in [3.05, 3.63) is 14.8 Å². The van der Waals surface area contributed by atoms with Crippen LogP contribution in [0.2, 0.25) is 0 Å². The Kier molecular flexibility index (Phi) is 3.84. The van der Waals surface area contributed by atoms with Gasteiger partial charge in [0.15, 0.2) is 0 Å². The van der Waals surface area contributed by atoms with Gasteiger partial charge in [0.05, 0.1) is 10.2 Å². The van der Waals surface area contributed by atoms with E-state index in [4.69, 9.17) is 0 Å². The Hall–Kier alpha value is -0.360. The second-order valence-electron chi connectivity index (χ2n) is 4.36. The van der Waals surface area contributed by atoms with Crippen LogP contribution in [0.25, 0.3) is 0 Å². The maximum atomic E-state index is 12.1. The van der Waals surface area contributed by atoms with E-state index in [0.717, 1.165) is 10.2 Å². The summed E-state index contributed by atoms with van der Waals surface area (Å²) in [7, 11) is 3.49. The highest BCUT2D eigenvalue weighted by Crippen LogP contribution is 2.30. The van der Waals surface area contributed by atoms with Crippen LogP contribution in [0.1, 0.15) is 19.5 Å². The van der Waals surface area contributed by atoms with Gasteiger partial charge in [0, 0.05) is 14.1 Å². The number of carbonyl (C=O) groups is 1. The molecule has 0 bridgehead atoms. The van der Waals surface area contributed by atoms with E-state index < -0.39 is 5.54 Å². The topological polar surface area (TPSA) is 38.1 Å². The molecule has 0 unspecified atom stereocenters. The Morgan fingerprint density at radius 2 is 1.88 bits per heavy atom. The second-order valence-corrected chi connectivity index (χ2v) is 5.90. The van der Waals surface area contributed by atoms with E-state index in [1.54, 1.807) is 23.7 Å². The number of aromatic nitrogens is 2. The third-order valence-corrected chi connectivity index (χ3v) is 4.50. The van der Waals surface area contributed by atoms with Gasteiger partial charge in [-0.15, -0.1) is 0 Å². The van der Waals surface area contributed by atoms with Crippen LogP contribution in [0.4, 0.5) is 0 Å². The highest BCUT2D eigenvalue weighted by Gasteiger charge is 2.34. The molecule has 0 radical (unpaired) electrons. The SMILES string of the molecule is Cc1c(Br)c(Br)nn1C(C)(C)C(=O)N(C)C. The summed E-state index contributed by atoms with van der Waals surface area (Å²) in [6.07, 6.45) is 0. The number of hydrogen-bond acceptors (Lipinski definition) is 2. The summed E-state index contributed by atoms with van der Waals surface area (Å²) in [5.41, 5.74) is 0.231. The van der Waals surface area contributed by atoms with E-state index in [-0.39, 0.29) is 5.91 Å². The molecule has 6 heteroatoms. The molecule has 1 amide bonds. The standard InChI is InChI=1S/C10H15Br2N3O/c1-6-7(11)8(12)13-15(6)10(2,3)9(16)14(4)5/h1-5H3. The van der Waals surface area contributed by atoms with Crippen LogP contribution < -0.4 is 0 Å². The Morgan fingerprint density at radius 1 is 1.38 bits per heavy atom. The third-order valence-electron chi connectivity index (χ3n) is 2.46. The molecular weight excluding hydrogens is 338 g/mol. The molecule has 4 nitrogen and oxygen atoms in total. The van der Waals surface area contributed by atoms with Gasteiger partial charge in [-0.2, -0.15) is 5.10 Å². The van der Waals surface area contributed by atoms with Crippen molar-refractivity contribution in [1.82, 2.24) is 14.7 Å². The Morgan fingerprint density at radius 3 is 2.19 bits per heavy atom. The zero-order valence-corrected chi connectivity index (χ0v) is 13.2. The van der Waals surface area contributed by atoms with Crippen LogP contribution in [0.5, 0.6) is 0 Å². The molecule has 1 rings (SSSR count). The van der Waals surface area contributed by atoms with E-state index in [9.17, 15) is 4.79 Å². The molecular formula is C10H15Br2N3O. The summed E-state index contributed by atoms with van der Waals surface area (Å²) in [6, 6.07) is 0. The second kappa shape index (κ2) is 4.49. The van der Waals surface area contributed by atoms with Crippen LogP contribution in [-0.2, 0) is 10.3 Å². The first kappa shape index (κ1) is 13.7. The molecule has 0 aliphatic carbocycles. The zero-order valence-electron chi connectivity index (χ0n) is 10.0. The van der Waals surface area contributed by atoms with Gasteiger partial charge in [-0.1, -0.05) is 0 Å². The van der Waals surface area contributed by atoms with Crippen LogP contribution in [0.3, 0.4) is 0 Å². The number of rotatable bonds is 2. The van der Waals surface area contributed by atoms with Gasteiger partial charge in [0.2, 0.25) is 5.91 Å². The number of halogens is 2. The quantitative estimate of drug-likeness (QED) is 0.820. The largest absolute Gasteiger partial charge is 0.347 e. The molecule has 0 fully saturated rings. The minimum atomic E-state index is -0.692. The monoisotopic (exact) mass is 351 g/mol. The molecule has 0 saturated carbocycles. The number of carbonyl (C=O) groups excluding carboxylic acids is 1. The van der Waals surface area contributed by atoms with E-state index >= 15 is 0 Å². The number of nitrogens with zero attached hydrogens (tertiary/aromatic N) is 3. The molecule has 0 N–H and O–H groups in total. The first-order valence-corrected chi connectivity index (χ1v) is 6.41. The van der Waals surface area contributed by atoms with Gasteiger partial charge in [-0.05, 0) is 52.6 Å². The summed E-state index contributed by atoms with van der Waals surface area (Å²) in [6.45, 7) is 5.63. The van der Waals surface area contributed by atoms with Gasteiger partial charge in [0.25, 0.3) is 0 Å². The fraction of sp³-hybridized carbons (Fsp3) is 0.600. The van der Waals surface area contributed by atoms with Gasteiger partial charge < -0.3 is 4.90 Å². The molecule has 0 aromatic carbocycles. The van der Waals surface area contributed by atoms with Crippen molar-refractivity contribution < 1.29 is 4.79 Å². The third kappa shape index (κ3) is 2.18. The summed E-state index contributed by atoms with van der Waals surface area (Å²) < 4.78 is 3.32. The first-order valence-electron chi connectivity index (χ1n) is 4.82. The minimum Gasteiger partial charge on any atom is -0.347 e. The van der Waals surface area contributed by atoms with Gasteiger partial charge in [-0.25, -0.2) is 0 Å². The molecule has 0 aliphatic heterocycles. The fourth-order valence-corrected chi connectivity index (χ4v) is 2.32. The van der Waals surface area contributed by atoms with Gasteiger partial charge in [0.1, 0.15) is 10.1 Å². The predicted octanol–water partition coefficient (Wildman–Crippen LogP) is 2.54. The molecule has 16 heavy (non-hydrogen) atoms. The van der Waals surface area contributed by atoms with Crippen molar-refractivity contribution in [1.29, 1.82) is 0 Å². The van der Waals surface area contributed by atoms with E-state index in [0.29, 0.717) is 4.60 Å². The lowest BCUT2D eigenvalue weighted by Gasteiger charge is -2.28. The predicted molar refractivity (Wildman–Crippen MR) is 70.4 cm³/mol. The summed E-state index contributed by atoms with van der Waals surface area (Å²) >= 11 is 6.77. The van der Waals surface area contributed by atoms with Crippen molar-refractivity contribution in [2.24, 2.45) is 0 Å². The average Bonchev–Trinajstić information content (AvgIpc) is 2.45. The molecule has 0 saturated heterocycles. The highest BCUT2D eigenvalue weighted by molar-refractivity contribution is 9.13. The van der Waals surface area contributed by atoms with Crippen molar-refractivity contribution in [3.8, 4) is 0 Å². The van der Waals surface area contributed by atoms with Crippen molar-refractivity contribution in [2.75, 3.05) is 14.1 Å². The van der Waals surface area contributed by atoms with E-state index in [1.807, 2.05) is 20.8 Å². The summed E-state index contributed by atoms with van der Waals surface area (Å²) in [5.74, 6) is 0.0121. The average molecular weight is 353 g/mol. The smallest absolute Gasteiger partial charge is 0.249 e. The summed E-state index contributed by atoms with van der Waals surface area (Å²) in [5, 5.41) is 4.32. The number of likely N-dealkylation sites (N-methyl/N-ethyl adjacent to an activating group) is 1. The Labute approximate surface area is 112 Å². The van der Waals surface area contributed by atoms with Crippen LogP contribution in [0, 0.1) is 6.92 Å². The maximum absolute atomic E-state index is 12.1. The molecule has 0 aliphatic rings. The Balaban J connectivity index is 3.27. The molecule has 1 heterocycles. The van der Waals surface area contributed by atoms with Crippen molar-refractivity contribution >= 4 is 37.8 Å². The highest BCUT2D eigenvalue weighted by atomic mass is 79.9. The first-order chi connectivity index (χ1) is 7.19. The lowest BCUT2D eigenvalue weighted by atomic mass is 10.0. The molecule has 0 spiro atoms. The number of amides is 1. The normalized spacial score (nSPS) is 11.7. The maximum Gasteiger partial charge on any atom is 0.249 e. The lowest BCUT2D eigenvalue weighted by Crippen LogP contribution is -2.44. The van der Waals surface area contributed by atoms with Gasteiger partial charge >= 0.3 is 0 Å². The zero-order chi connectivity index (χ0) is 12.7. The van der Waals surface area contributed by atoms with Crippen molar-refractivity contribution in [3.63, 3.8) is 0 Å². The molecule has 0 atom stereocenters. The van der Waals surface area contributed by atoms with Crippen molar-refractivity contribution in [2.45, 2.75) is 26.3 Å². The van der Waals surface area contributed by atoms with Crippen LogP contribution in [-0.4, -0.2) is 34.7 Å². The van der Waals surface area contributed by atoms with Crippen LogP contribution in [0.15, 0.2) is 9.08 Å². The molecule has 90 valence electrons. The van der Waals surface area contributed by atoms with E-state index in [1.165, 1.54) is 0 Å². The molecule has 1 aromatic rings. The number of hydrogen-bond donors (Lipinski definition) is 0. The van der Waals surface area contributed by atoms with E-state index in [2.05, 4.69) is 37.0 Å².